The molecule has 0 saturated heterocycles. The topological polar surface area (TPSA) is 20.2 Å². The van der Waals surface area contributed by atoms with E-state index in [-0.39, 0.29) is 0 Å². The van der Waals surface area contributed by atoms with Crippen molar-refractivity contribution >= 4 is 60.3 Å². The second-order valence-electron chi connectivity index (χ2n) is 8.28. The molecular formula is C30H22OSSi. The summed E-state index contributed by atoms with van der Waals surface area (Å²) < 4.78 is 2.38. The fourth-order valence-corrected chi connectivity index (χ4v) is 11.7. The van der Waals surface area contributed by atoms with E-state index in [9.17, 15) is 5.11 Å². The molecule has 5 aromatic carbocycles. The molecule has 0 aliphatic heterocycles. The summed E-state index contributed by atoms with van der Waals surface area (Å²) >= 11 is 1.79. The van der Waals surface area contributed by atoms with E-state index in [0.717, 1.165) is 15.5 Å². The SMILES string of the molecule is Oc1cccc2sc3c([Si](c4ccccc4)(c4ccccc4)c4ccccc4)cccc3c12. The van der Waals surface area contributed by atoms with Gasteiger partial charge in [0, 0.05) is 20.2 Å². The Bertz CT molecular complexity index is 1460. The minimum absolute atomic E-state index is 0.349. The van der Waals surface area contributed by atoms with E-state index in [1.54, 1.807) is 17.4 Å². The molecule has 158 valence electrons. The van der Waals surface area contributed by atoms with Gasteiger partial charge >= 0.3 is 0 Å². The first-order valence-electron chi connectivity index (χ1n) is 11.1. The Kier molecular flexibility index (Phi) is 4.86. The monoisotopic (exact) mass is 458 g/mol. The maximum atomic E-state index is 10.7. The number of fused-ring (bicyclic) bond motifs is 3. The molecule has 0 saturated carbocycles. The van der Waals surface area contributed by atoms with Gasteiger partial charge in [-0.05, 0) is 32.9 Å². The molecule has 0 aliphatic carbocycles. The van der Waals surface area contributed by atoms with Gasteiger partial charge in [0.2, 0.25) is 0 Å². The van der Waals surface area contributed by atoms with Crippen LogP contribution in [0.1, 0.15) is 0 Å². The van der Waals surface area contributed by atoms with Gasteiger partial charge in [-0.2, -0.15) is 0 Å². The van der Waals surface area contributed by atoms with E-state index in [2.05, 4.69) is 115 Å². The molecule has 6 rings (SSSR count). The molecule has 1 heterocycles. The largest absolute Gasteiger partial charge is 0.507 e. The molecule has 1 aromatic heterocycles. The normalized spacial score (nSPS) is 11.8. The summed E-state index contributed by atoms with van der Waals surface area (Å²) in [4.78, 5) is 0. The van der Waals surface area contributed by atoms with Crippen molar-refractivity contribution in [3.05, 3.63) is 127 Å². The van der Waals surface area contributed by atoms with Crippen molar-refractivity contribution in [2.75, 3.05) is 0 Å². The third kappa shape index (κ3) is 3.05. The van der Waals surface area contributed by atoms with Gasteiger partial charge in [0.25, 0.3) is 0 Å². The van der Waals surface area contributed by atoms with E-state index in [0.29, 0.717) is 5.75 Å². The molecule has 6 aromatic rings. The number of phenols is 1. The van der Waals surface area contributed by atoms with Crippen LogP contribution in [0, 0.1) is 0 Å². The van der Waals surface area contributed by atoms with Crippen LogP contribution in [-0.2, 0) is 0 Å². The summed E-state index contributed by atoms with van der Waals surface area (Å²) in [5, 5.41) is 18.2. The van der Waals surface area contributed by atoms with Gasteiger partial charge in [-0.3, -0.25) is 0 Å². The third-order valence-electron chi connectivity index (χ3n) is 6.53. The number of benzene rings is 5. The zero-order valence-electron chi connectivity index (χ0n) is 18.0. The molecule has 1 N–H and O–H groups in total. The minimum Gasteiger partial charge on any atom is -0.507 e. The Morgan fingerprint density at radius 1 is 0.515 bits per heavy atom. The van der Waals surface area contributed by atoms with E-state index < -0.39 is 8.07 Å². The average Bonchev–Trinajstić information content (AvgIpc) is 3.27. The molecular weight excluding hydrogens is 436 g/mol. The van der Waals surface area contributed by atoms with Gasteiger partial charge in [0.15, 0.2) is 8.07 Å². The molecule has 0 amide bonds. The first kappa shape index (κ1) is 20.0. The van der Waals surface area contributed by atoms with Gasteiger partial charge in [-0.1, -0.05) is 115 Å². The van der Waals surface area contributed by atoms with Crippen molar-refractivity contribution < 1.29 is 5.11 Å². The lowest BCUT2D eigenvalue weighted by atomic mass is 10.1. The number of rotatable bonds is 4. The first-order chi connectivity index (χ1) is 16.3. The number of hydrogen-bond acceptors (Lipinski definition) is 2. The van der Waals surface area contributed by atoms with Crippen LogP contribution in [0.4, 0.5) is 0 Å². The van der Waals surface area contributed by atoms with Gasteiger partial charge in [-0.15, -0.1) is 11.3 Å². The summed E-state index contributed by atoms with van der Waals surface area (Å²) in [6.07, 6.45) is 0. The van der Waals surface area contributed by atoms with Crippen molar-refractivity contribution in [3.63, 3.8) is 0 Å². The molecule has 33 heavy (non-hydrogen) atoms. The van der Waals surface area contributed by atoms with Crippen LogP contribution in [0.3, 0.4) is 0 Å². The molecule has 3 heteroatoms. The predicted molar refractivity (Wildman–Crippen MR) is 145 cm³/mol. The number of phenolic OH excluding ortho intramolecular Hbond substituents is 1. The van der Waals surface area contributed by atoms with Crippen molar-refractivity contribution in [2.45, 2.75) is 0 Å². The van der Waals surface area contributed by atoms with E-state index in [4.69, 9.17) is 0 Å². The maximum Gasteiger partial charge on any atom is 0.181 e. The smallest absolute Gasteiger partial charge is 0.181 e. The zero-order chi connectivity index (χ0) is 22.3. The second-order valence-corrected chi connectivity index (χ2v) is 13.1. The highest BCUT2D eigenvalue weighted by Gasteiger charge is 2.42. The van der Waals surface area contributed by atoms with Crippen LogP contribution in [0.5, 0.6) is 5.75 Å². The molecule has 0 unspecified atom stereocenters. The van der Waals surface area contributed by atoms with Crippen molar-refractivity contribution in [3.8, 4) is 5.75 Å². The lowest BCUT2D eigenvalue weighted by Gasteiger charge is -2.34. The van der Waals surface area contributed by atoms with Gasteiger partial charge < -0.3 is 5.11 Å². The Morgan fingerprint density at radius 3 is 1.58 bits per heavy atom. The number of thiophene rings is 1. The lowest BCUT2D eigenvalue weighted by molar-refractivity contribution is 0.482. The maximum absolute atomic E-state index is 10.7. The van der Waals surface area contributed by atoms with Gasteiger partial charge in [0.1, 0.15) is 5.75 Å². The van der Waals surface area contributed by atoms with E-state index in [1.807, 2.05) is 6.07 Å². The Morgan fingerprint density at radius 2 is 1.03 bits per heavy atom. The second kappa shape index (κ2) is 8.04. The highest BCUT2D eigenvalue weighted by molar-refractivity contribution is 7.30. The molecule has 0 atom stereocenters. The highest BCUT2D eigenvalue weighted by Crippen LogP contribution is 2.38. The predicted octanol–water partition coefficient (Wildman–Crippen LogP) is 5.14. The third-order valence-corrected chi connectivity index (χ3v) is 12.7. The summed E-state index contributed by atoms with van der Waals surface area (Å²) in [7, 11) is -2.62. The summed E-state index contributed by atoms with van der Waals surface area (Å²) in [5.74, 6) is 0.349. The standard InChI is InChI=1S/C30H22OSSi/c31-26-19-11-20-27-29(26)25-18-10-21-28(30(25)32-27)33(22-12-4-1-5-13-22,23-14-6-2-7-15-23)24-16-8-3-9-17-24/h1-21,31H. The summed E-state index contributed by atoms with van der Waals surface area (Å²) in [5.41, 5.74) is 0. The Balaban J connectivity index is 1.83. The van der Waals surface area contributed by atoms with Crippen molar-refractivity contribution in [1.29, 1.82) is 0 Å². The van der Waals surface area contributed by atoms with Crippen LogP contribution in [0.15, 0.2) is 127 Å². The number of aromatic hydroxyl groups is 1. The van der Waals surface area contributed by atoms with Crippen LogP contribution in [0.2, 0.25) is 0 Å². The first-order valence-corrected chi connectivity index (χ1v) is 13.9. The van der Waals surface area contributed by atoms with E-state index >= 15 is 0 Å². The molecule has 0 radical (unpaired) electrons. The molecule has 0 aliphatic rings. The fraction of sp³-hybridized carbons (Fsp3) is 0. The van der Waals surface area contributed by atoms with Crippen molar-refractivity contribution in [1.82, 2.24) is 0 Å². The average molecular weight is 459 g/mol. The van der Waals surface area contributed by atoms with Crippen molar-refractivity contribution in [2.24, 2.45) is 0 Å². The van der Waals surface area contributed by atoms with Crippen LogP contribution < -0.4 is 20.7 Å². The van der Waals surface area contributed by atoms with Crippen LogP contribution in [0.25, 0.3) is 20.2 Å². The number of hydrogen-bond donors (Lipinski definition) is 1. The molecule has 1 nitrogen and oxygen atoms in total. The van der Waals surface area contributed by atoms with Crippen LogP contribution >= 0.6 is 11.3 Å². The van der Waals surface area contributed by atoms with Gasteiger partial charge in [0.05, 0.1) is 0 Å². The minimum atomic E-state index is -2.62. The summed E-state index contributed by atoms with van der Waals surface area (Å²) in [6, 6.07) is 45.4. The fourth-order valence-electron chi connectivity index (χ4n) is 5.16. The lowest BCUT2D eigenvalue weighted by Crippen LogP contribution is -2.74. The molecule has 0 fully saturated rings. The molecule has 0 spiro atoms. The van der Waals surface area contributed by atoms with Crippen LogP contribution in [-0.4, -0.2) is 13.2 Å². The zero-order valence-corrected chi connectivity index (χ0v) is 19.8. The Labute approximate surface area is 198 Å². The van der Waals surface area contributed by atoms with E-state index in [1.165, 1.54) is 25.4 Å². The summed E-state index contributed by atoms with van der Waals surface area (Å²) in [6.45, 7) is 0. The Hall–Kier alpha value is -3.66. The quantitative estimate of drug-likeness (QED) is 0.287. The molecule has 0 bridgehead atoms. The van der Waals surface area contributed by atoms with Gasteiger partial charge in [-0.25, -0.2) is 0 Å². The highest BCUT2D eigenvalue weighted by atomic mass is 32.1.